The number of benzene rings is 4. The standard InChI is InChI=1S/C42H41N3O9/c1-3-22-43-38(47)33-35-39(48)54-36(28-16-8-5-9-17-28)34(27-14-6-4-7-15-27)45(35)37(29-18-10-13-21-32(29)52-24-23-46)42(33)30-19-11-12-20-31(30)44(40(42)49)41(50)53-26-25-51-2/h3-21,33-37,46H,1,22-26H2,2H3,(H,43,47)/t33-,34-,35-,36+,37+,42-/m1/s1. The Bertz CT molecular complexity index is 2030. The quantitative estimate of drug-likeness (QED) is 0.118. The lowest BCUT2D eigenvalue weighted by molar-refractivity contribution is -0.178. The zero-order valence-corrected chi connectivity index (χ0v) is 29.7. The van der Waals surface area contributed by atoms with Crippen molar-refractivity contribution >= 4 is 29.6 Å². The minimum absolute atomic E-state index is 0.0431. The number of nitrogens with zero attached hydrogens (tertiary/aromatic N) is 2. The summed E-state index contributed by atoms with van der Waals surface area (Å²) in [7, 11) is 1.46. The number of anilines is 1. The van der Waals surface area contributed by atoms with Crippen LogP contribution in [0.1, 0.15) is 40.4 Å². The number of rotatable bonds is 12. The van der Waals surface area contributed by atoms with Crippen LogP contribution in [-0.4, -0.2) is 80.0 Å². The highest BCUT2D eigenvalue weighted by Crippen LogP contribution is 2.66. The van der Waals surface area contributed by atoms with Gasteiger partial charge >= 0.3 is 12.1 Å². The molecule has 3 aliphatic heterocycles. The zero-order chi connectivity index (χ0) is 37.8. The number of imide groups is 1. The molecule has 12 heteroatoms. The van der Waals surface area contributed by atoms with Crippen molar-refractivity contribution in [1.29, 1.82) is 0 Å². The number of fused-ring (bicyclic) bond motifs is 3. The van der Waals surface area contributed by atoms with Crippen molar-refractivity contribution in [2.75, 3.05) is 45.0 Å². The normalized spacial score (nSPS) is 24.4. The molecule has 4 aromatic carbocycles. The summed E-state index contributed by atoms with van der Waals surface area (Å²) >= 11 is 0. The summed E-state index contributed by atoms with van der Waals surface area (Å²) in [6, 6.07) is 29.4. The van der Waals surface area contributed by atoms with Crippen LogP contribution < -0.4 is 15.0 Å². The first-order valence-corrected chi connectivity index (χ1v) is 17.8. The highest BCUT2D eigenvalue weighted by atomic mass is 16.6. The average molecular weight is 732 g/mol. The number of hydrogen-bond acceptors (Lipinski definition) is 10. The van der Waals surface area contributed by atoms with Crippen LogP contribution in [0.3, 0.4) is 0 Å². The molecule has 54 heavy (non-hydrogen) atoms. The molecule has 278 valence electrons. The van der Waals surface area contributed by atoms with Crippen LogP contribution in [0.2, 0.25) is 0 Å². The van der Waals surface area contributed by atoms with Gasteiger partial charge < -0.3 is 29.4 Å². The molecule has 0 aromatic heterocycles. The monoisotopic (exact) mass is 731 g/mol. The second-order valence-electron chi connectivity index (χ2n) is 13.2. The van der Waals surface area contributed by atoms with Crippen molar-refractivity contribution in [3.05, 3.63) is 144 Å². The first kappa shape index (κ1) is 36.5. The lowest BCUT2D eigenvalue weighted by Crippen LogP contribution is -2.55. The number of aliphatic hydroxyl groups is 1. The fraction of sp³-hybridized carbons (Fsp3) is 0.286. The summed E-state index contributed by atoms with van der Waals surface area (Å²) < 4.78 is 23.2. The van der Waals surface area contributed by atoms with Gasteiger partial charge in [0.2, 0.25) is 11.8 Å². The summed E-state index contributed by atoms with van der Waals surface area (Å²) in [5, 5.41) is 12.7. The third kappa shape index (κ3) is 6.02. The Morgan fingerprint density at radius 1 is 0.870 bits per heavy atom. The van der Waals surface area contributed by atoms with Crippen LogP contribution in [0.15, 0.2) is 122 Å². The van der Waals surface area contributed by atoms with E-state index in [9.17, 15) is 19.5 Å². The van der Waals surface area contributed by atoms with E-state index < -0.39 is 59.4 Å². The molecule has 3 heterocycles. The number of morpholine rings is 1. The zero-order valence-electron chi connectivity index (χ0n) is 29.7. The van der Waals surface area contributed by atoms with Crippen molar-refractivity contribution in [2.45, 2.75) is 29.6 Å². The van der Waals surface area contributed by atoms with Crippen molar-refractivity contribution in [2.24, 2.45) is 5.92 Å². The van der Waals surface area contributed by atoms with Gasteiger partial charge in [-0.25, -0.2) is 9.69 Å². The van der Waals surface area contributed by atoms with Crippen LogP contribution >= 0.6 is 0 Å². The maximum Gasteiger partial charge on any atom is 0.421 e. The third-order valence-electron chi connectivity index (χ3n) is 10.3. The number of aliphatic hydroxyl groups excluding tert-OH is 1. The molecule has 0 radical (unpaired) electrons. The molecule has 2 N–H and O–H groups in total. The van der Waals surface area contributed by atoms with Gasteiger partial charge in [-0.05, 0) is 28.8 Å². The molecule has 0 saturated carbocycles. The molecular weight excluding hydrogens is 690 g/mol. The molecule has 3 amide bonds. The second-order valence-corrected chi connectivity index (χ2v) is 13.2. The Hall–Kier alpha value is -5.82. The van der Waals surface area contributed by atoms with Crippen molar-refractivity contribution in [3.8, 4) is 5.75 Å². The summed E-state index contributed by atoms with van der Waals surface area (Å²) in [6.07, 6.45) is -0.322. The maximum absolute atomic E-state index is 15.7. The van der Waals surface area contributed by atoms with Crippen molar-refractivity contribution in [3.63, 3.8) is 0 Å². The number of esters is 1. The molecule has 3 aliphatic rings. The lowest BCUT2D eigenvalue weighted by Gasteiger charge is -2.46. The predicted molar refractivity (Wildman–Crippen MR) is 197 cm³/mol. The molecule has 6 atom stereocenters. The number of carbonyl (C=O) groups is 4. The van der Waals surface area contributed by atoms with Crippen LogP contribution in [0.5, 0.6) is 5.75 Å². The number of amides is 3. The van der Waals surface area contributed by atoms with E-state index in [2.05, 4.69) is 11.9 Å². The Morgan fingerprint density at radius 3 is 2.24 bits per heavy atom. The number of nitrogens with one attached hydrogen (secondary N) is 1. The highest BCUT2D eigenvalue weighted by molar-refractivity contribution is 6.23. The minimum atomic E-state index is -1.93. The number of ether oxygens (including phenoxy) is 4. The van der Waals surface area contributed by atoms with E-state index >= 15 is 4.79 Å². The first-order valence-electron chi connectivity index (χ1n) is 17.8. The van der Waals surface area contributed by atoms with Gasteiger partial charge in [-0.3, -0.25) is 19.3 Å². The van der Waals surface area contributed by atoms with E-state index in [1.54, 1.807) is 48.5 Å². The molecule has 0 bridgehead atoms. The molecule has 1 spiro atoms. The maximum atomic E-state index is 15.7. The summed E-state index contributed by atoms with van der Waals surface area (Å²) in [5.74, 6) is -3.18. The van der Waals surface area contributed by atoms with E-state index in [1.165, 1.54) is 13.2 Å². The van der Waals surface area contributed by atoms with E-state index in [0.29, 0.717) is 22.4 Å². The van der Waals surface area contributed by atoms with Crippen LogP contribution in [0.4, 0.5) is 10.5 Å². The molecule has 7 rings (SSSR count). The lowest BCUT2D eigenvalue weighted by atomic mass is 9.65. The number of hydrogen-bond donors (Lipinski definition) is 2. The van der Waals surface area contributed by atoms with Gasteiger partial charge in [0.25, 0.3) is 0 Å². The number of para-hydroxylation sites is 2. The number of cyclic esters (lactones) is 1. The van der Waals surface area contributed by atoms with Gasteiger partial charge in [0, 0.05) is 19.2 Å². The Morgan fingerprint density at radius 2 is 1.54 bits per heavy atom. The van der Waals surface area contributed by atoms with E-state index in [0.717, 1.165) is 10.5 Å². The van der Waals surface area contributed by atoms with Crippen LogP contribution in [0, 0.1) is 5.92 Å². The fourth-order valence-electron chi connectivity index (χ4n) is 8.37. The fourth-order valence-corrected chi connectivity index (χ4v) is 8.37. The van der Waals surface area contributed by atoms with Gasteiger partial charge in [0.1, 0.15) is 36.5 Å². The van der Waals surface area contributed by atoms with Gasteiger partial charge in [0.15, 0.2) is 0 Å². The molecule has 4 aromatic rings. The van der Waals surface area contributed by atoms with Gasteiger partial charge in [-0.2, -0.15) is 0 Å². The number of methoxy groups -OCH3 is 1. The average Bonchev–Trinajstić information content (AvgIpc) is 3.66. The van der Waals surface area contributed by atoms with Crippen LogP contribution in [0.25, 0.3) is 0 Å². The van der Waals surface area contributed by atoms with Crippen molar-refractivity contribution < 1.29 is 43.2 Å². The topological polar surface area (TPSA) is 144 Å². The molecular formula is C42H41N3O9. The van der Waals surface area contributed by atoms with E-state index in [1.807, 2.05) is 65.6 Å². The Labute approximate surface area is 312 Å². The smallest absolute Gasteiger partial charge is 0.421 e. The van der Waals surface area contributed by atoms with Crippen LogP contribution in [-0.2, 0) is 34.0 Å². The molecule has 2 fully saturated rings. The van der Waals surface area contributed by atoms with E-state index in [4.69, 9.17) is 18.9 Å². The summed E-state index contributed by atoms with van der Waals surface area (Å²) in [6.45, 7) is 3.41. The van der Waals surface area contributed by atoms with Gasteiger partial charge in [0.05, 0.1) is 36.9 Å². The van der Waals surface area contributed by atoms with Gasteiger partial charge in [-0.1, -0.05) is 103 Å². The largest absolute Gasteiger partial charge is 0.491 e. The molecule has 0 unspecified atom stereocenters. The first-order chi connectivity index (χ1) is 26.4. The van der Waals surface area contributed by atoms with E-state index in [-0.39, 0.29) is 38.7 Å². The minimum Gasteiger partial charge on any atom is -0.491 e. The SMILES string of the molecule is C=CCNC(=O)[C@H]1[C@@H]2C(=O)O[C@@H](c3ccccc3)[C@@H](c3ccccc3)N2[C@@H](c2ccccc2OCCO)[C@]12C(=O)N(C(=O)OCCOC)c1ccccc12. The van der Waals surface area contributed by atoms with Gasteiger partial charge in [-0.15, -0.1) is 6.58 Å². The third-order valence-corrected chi connectivity index (χ3v) is 10.3. The molecule has 12 nitrogen and oxygen atoms in total. The Kier molecular flexibility index (Phi) is 10.6. The summed E-state index contributed by atoms with van der Waals surface area (Å²) in [4.78, 5) is 62.3. The Balaban J connectivity index is 1.57. The second kappa shape index (κ2) is 15.7. The highest BCUT2D eigenvalue weighted by Gasteiger charge is 2.76. The summed E-state index contributed by atoms with van der Waals surface area (Å²) in [5.41, 5.74) is 0.578. The predicted octanol–water partition coefficient (Wildman–Crippen LogP) is 4.81. The number of carbonyl (C=O) groups excluding carboxylic acids is 4. The van der Waals surface area contributed by atoms with Crippen molar-refractivity contribution in [1.82, 2.24) is 10.2 Å². The molecule has 0 aliphatic carbocycles. The molecule has 2 saturated heterocycles.